The number of primary amides is 1. The van der Waals surface area contributed by atoms with Crippen LogP contribution in [0.4, 0.5) is 20.6 Å². The van der Waals surface area contributed by atoms with Crippen molar-refractivity contribution in [2.75, 3.05) is 5.32 Å². The van der Waals surface area contributed by atoms with Crippen molar-refractivity contribution < 1.29 is 14.1 Å². The van der Waals surface area contributed by atoms with Crippen LogP contribution >= 0.6 is 0 Å². The maximum atomic E-state index is 12.6. The lowest BCUT2D eigenvalue weighted by molar-refractivity contribution is -0.384. The molecule has 14 heavy (non-hydrogen) atoms. The first-order valence-electron chi connectivity index (χ1n) is 3.51. The fourth-order valence-electron chi connectivity index (χ4n) is 0.894. The molecule has 2 amide bonds. The zero-order chi connectivity index (χ0) is 10.7. The van der Waals surface area contributed by atoms with Crippen molar-refractivity contribution in [3.63, 3.8) is 0 Å². The zero-order valence-electron chi connectivity index (χ0n) is 6.86. The molecule has 0 aliphatic heterocycles. The van der Waals surface area contributed by atoms with Gasteiger partial charge in [-0.25, -0.2) is 9.18 Å². The Morgan fingerprint density at radius 2 is 2.21 bits per heavy atom. The van der Waals surface area contributed by atoms with E-state index in [1.807, 2.05) is 5.32 Å². The van der Waals surface area contributed by atoms with Gasteiger partial charge >= 0.3 is 6.03 Å². The van der Waals surface area contributed by atoms with E-state index >= 15 is 0 Å². The third kappa shape index (κ3) is 2.16. The minimum Gasteiger partial charge on any atom is -0.351 e. The number of nitro groups is 1. The van der Waals surface area contributed by atoms with Crippen LogP contribution in [0, 0.1) is 15.9 Å². The van der Waals surface area contributed by atoms with E-state index < -0.39 is 22.5 Å². The highest BCUT2D eigenvalue weighted by Gasteiger charge is 2.15. The highest BCUT2D eigenvalue weighted by Crippen LogP contribution is 2.24. The number of nitro benzene ring substituents is 1. The molecular weight excluding hydrogens is 193 g/mol. The van der Waals surface area contributed by atoms with Gasteiger partial charge in [-0.2, -0.15) is 0 Å². The number of anilines is 1. The van der Waals surface area contributed by atoms with Gasteiger partial charge in [0.05, 0.1) is 11.0 Å². The van der Waals surface area contributed by atoms with Crippen molar-refractivity contribution in [2.45, 2.75) is 0 Å². The van der Waals surface area contributed by atoms with E-state index in [4.69, 9.17) is 5.73 Å². The van der Waals surface area contributed by atoms with Gasteiger partial charge in [0.15, 0.2) is 0 Å². The summed E-state index contributed by atoms with van der Waals surface area (Å²) in [4.78, 5) is 20.0. The maximum Gasteiger partial charge on any atom is 0.316 e. The molecule has 1 aromatic carbocycles. The number of hydrogen-bond donors (Lipinski definition) is 2. The van der Waals surface area contributed by atoms with Gasteiger partial charge in [-0.3, -0.25) is 10.1 Å². The van der Waals surface area contributed by atoms with Gasteiger partial charge in [-0.05, 0) is 12.1 Å². The fraction of sp³-hybridized carbons (Fsp3) is 0. The number of nitrogens with one attached hydrogen (secondary N) is 1. The van der Waals surface area contributed by atoms with Crippen molar-refractivity contribution in [3.8, 4) is 0 Å². The number of hydrogen-bond acceptors (Lipinski definition) is 3. The molecule has 0 aliphatic carbocycles. The van der Waals surface area contributed by atoms with E-state index in [2.05, 4.69) is 0 Å². The average molecular weight is 199 g/mol. The van der Waals surface area contributed by atoms with Crippen LogP contribution in [0.3, 0.4) is 0 Å². The van der Waals surface area contributed by atoms with Gasteiger partial charge in [-0.1, -0.05) is 0 Å². The Kier molecular flexibility index (Phi) is 2.61. The first-order valence-corrected chi connectivity index (χ1v) is 3.51. The molecule has 7 heteroatoms. The number of carbonyl (C=O) groups is 1. The van der Waals surface area contributed by atoms with Crippen molar-refractivity contribution >= 4 is 17.4 Å². The molecule has 0 aliphatic rings. The minimum absolute atomic E-state index is 0.135. The summed E-state index contributed by atoms with van der Waals surface area (Å²) in [5, 5.41) is 12.4. The molecule has 6 nitrogen and oxygen atoms in total. The van der Waals surface area contributed by atoms with Gasteiger partial charge < -0.3 is 11.1 Å². The number of nitrogens with two attached hydrogens (primary N) is 1. The number of nitrogens with zero attached hydrogens (tertiary/aromatic N) is 1. The second kappa shape index (κ2) is 3.69. The predicted octanol–water partition coefficient (Wildman–Crippen LogP) is 1.22. The number of urea groups is 1. The van der Waals surface area contributed by atoms with E-state index in [-0.39, 0.29) is 5.69 Å². The lowest BCUT2D eigenvalue weighted by Crippen LogP contribution is -2.20. The van der Waals surface area contributed by atoms with Gasteiger partial charge in [0.25, 0.3) is 5.69 Å². The van der Waals surface area contributed by atoms with Crippen molar-refractivity contribution in [1.29, 1.82) is 0 Å². The smallest absolute Gasteiger partial charge is 0.316 e. The number of carbonyl (C=O) groups excluding carboxylic acids is 1. The number of halogens is 1. The number of rotatable bonds is 2. The molecule has 0 unspecified atom stereocenters. The van der Waals surface area contributed by atoms with E-state index in [1.165, 1.54) is 0 Å². The van der Waals surface area contributed by atoms with Crippen molar-refractivity contribution in [2.24, 2.45) is 5.73 Å². The molecule has 1 aromatic rings. The van der Waals surface area contributed by atoms with E-state index in [0.29, 0.717) is 6.07 Å². The third-order valence-corrected chi connectivity index (χ3v) is 1.41. The Hall–Kier alpha value is -2.18. The van der Waals surface area contributed by atoms with Crippen LogP contribution in [0.2, 0.25) is 0 Å². The average Bonchev–Trinajstić information content (AvgIpc) is 2.07. The van der Waals surface area contributed by atoms with Crippen LogP contribution in [0.25, 0.3) is 0 Å². The summed E-state index contributed by atoms with van der Waals surface area (Å²) in [6.45, 7) is 0. The van der Waals surface area contributed by atoms with Crippen LogP contribution in [0.1, 0.15) is 0 Å². The summed E-state index contributed by atoms with van der Waals surface area (Å²) >= 11 is 0. The van der Waals surface area contributed by atoms with Gasteiger partial charge in [0, 0.05) is 0 Å². The Balaban J connectivity index is 3.14. The molecule has 1 rings (SSSR count). The molecule has 0 saturated heterocycles. The molecule has 3 N–H and O–H groups in total. The number of amides is 2. The molecule has 0 spiro atoms. The lowest BCUT2D eigenvalue weighted by atomic mass is 10.2. The van der Waals surface area contributed by atoms with E-state index in [1.54, 1.807) is 0 Å². The summed E-state index contributed by atoms with van der Waals surface area (Å²) in [6.07, 6.45) is 0. The Bertz CT molecular complexity index is 394. The standard InChI is InChI=1S/C7H6FN3O3/c8-4-1-2-5(10-7(9)12)6(3-4)11(13)14/h1-3H,(H3,9,10,12). The first-order chi connectivity index (χ1) is 6.50. The summed E-state index contributed by atoms with van der Waals surface area (Å²) in [5.41, 5.74) is 4.09. The summed E-state index contributed by atoms with van der Waals surface area (Å²) in [5.74, 6) is -0.758. The molecule has 0 heterocycles. The van der Waals surface area contributed by atoms with Crippen LogP contribution in [0.15, 0.2) is 18.2 Å². The van der Waals surface area contributed by atoms with Crippen LogP contribution in [-0.4, -0.2) is 11.0 Å². The quantitative estimate of drug-likeness (QED) is 0.553. The Morgan fingerprint density at radius 3 is 2.71 bits per heavy atom. The van der Waals surface area contributed by atoms with Gasteiger partial charge in [0.2, 0.25) is 0 Å². The highest BCUT2D eigenvalue weighted by atomic mass is 19.1. The zero-order valence-corrected chi connectivity index (χ0v) is 6.86. The SMILES string of the molecule is NC(=O)Nc1ccc(F)cc1[N+](=O)[O-]. The first kappa shape index (κ1) is 9.90. The minimum atomic E-state index is -0.945. The molecule has 0 saturated carbocycles. The Morgan fingerprint density at radius 1 is 1.57 bits per heavy atom. The summed E-state index contributed by atoms with van der Waals surface area (Å²) in [6, 6.07) is 1.81. The molecule has 0 atom stereocenters. The molecular formula is C7H6FN3O3. The van der Waals surface area contributed by atoms with E-state index in [0.717, 1.165) is 12.1 Å². The molecule has 0 fully saturated rings. The topological polar surface area (TPSA) is 98.3 Å². The van der Waals surface area contributed by atoms with Gasteiger partial charge in [-0.15, -0.1) is 0 Å². The second-order valence-electron chi connectivity index (χ2n) is 2.41. The van der Waals surface area contributed by atoms with E-state index in [9.17, 15) is 19.3 Å². The Labute approximate surface area is 77.7 Å². The van der Waals surface area contributed by atoms with Crippen molar-refractivity contribution in [3.05, 3.63) is 34.1 Å². The summed E-state index contributed by atoms with van der Waals surface area (Å²) in [7, 11) is 0. The monoisotopic (exact) mass is 199 g/mol. The largest absolute Gasteiger partial charge is 0.351 e. The predicted molar refractivity (Wildman–Crippen MR) is 46.3 cm³/mol. The molecule has 0 aromatic heterocycles. The molecule has 0 radical (unpaired) electrons. The number of benzene rings is 1. The fourth-order valence-corrected chi connectivity index (χ4v) is 0.894. The maximum absolute atomic E-state index is 12.6. The van der Waals surface area contributed by atoms with Crippen LogP contribution in [-0.2, 0) is 0 Å². The second-order valence-corrected chi connectivity index (χ2v) is 2.41. The normalized spacial score (nSPS) is 9.50. The molecule has 0 bridgehead atoms. The highest BCUT2D eigenvalue weighted by molar-refractivity contribution is 5.90. The van der Waals surface area contributed by atoms with Crippen molar-refractivity contribution in [1.82, 2.24) is 0 Å². The third-order valence-electron chi connectivity index (χ3n) is 1.41. The van der Waals surface area contributed by atoms with Crippen LogP contribution in [0.5, 0.6) is 0 Å². The lowest BCUT2D eigenvalue weighted by Gasteiger charge is -2.02. The van der Waals surface area contributed by atoms with Gasteiger partial charge in [0.1, 0.15) is 11.5 Å². The molecule has 74 valence electrons. The van der Waals surface area contributed by atoms with Crippen LogP contribution < -0.4 is 11.1 Å². The summed E-state index contributed by atoms with van der Waals surface area (Å²) < 4.78 is 12.6.